The molecule has 9 nitrogen and oxygen atoms in total. The molecule has 0 amide bonds. The van der Waals surface area contributed by atoms with Crippen LogP contribution in [0.3, 0.4) is 0 Å². The molecule has 0 aromatic heterocycles. The maximum Gasteiger partial charge on any atom is 0.361 e. The van der Waals surface area contributed by atoms with E-state index in [-0.39, 0.29) is 32.2 Å². The number of hydrogen-bond donors (Lipinski definition) is 1. The Kier molecular flexibility index (Phi) is 79.1. The Morgan fingerprint density at radius 2 is 0.514 bits per heavy atom. The van der Waals surface area contributed by atoms with E-state index in [0.29, 0.717) is 23.9 Å². The average Bonchev–Trinajstić information content (AvgIpc) is 1.97. The quantitative estimate of drug-likeness (QED) is 0.0211. The Hall–Kier alpha value is -5.87. The van der Waals surface area contributed by atoms with E-state index in [9.17, 15) is 19.5 Å². The zero-order valence-electron chi connectivity index (χ0n) is 68.1. The van der Waals surface area contributed by atoms with Crippen LogP contribution in [-0.4, -0.2) is 87.4 Å². The summed E-state index contributed by atoms with van der Waals surface area (Å²) in [6, 6.07) is 0. The van der Waals surface area contributed by atoms with E-state index in [2.05, 4.69) is 208 Å². The number of aliphatic carboxylic acids is 1. The first-order chi connectivity index (χ1) is 51.6. The fourth-order valence-corrected chi connectivity index (χ4v) is 11.5. The summed E-state index contributed by atoms with van der Waals surface area (Å²) in [4.78, 5) is 37.8. The van der Waals surface area contributed by atoms with E-state index in [1.165, 1.54) is 154 Å². The van der Waals surface area contributed by atoms with Crippen molar-refractivity contribution in [3.05, 3.63) is 194 Å². The lowest BCUT2D eigenvalue weighted by molar-refractivity contribution is -0.870. The van der Waals surface area contributed by atoms with Crippen molar-refractivity contribution in [2.24, 2.45) is 0 Å². The number of quaternary nitrogens is 1. The van der Waals surface area contributed by atoms with Crippen LogP contribution >= 0.6 is 0 Å². The Bertz CT molecular complexity index is 2450. The van der Waals surface area contributed by atoms with Crippen LogP contribution in [0.1, 0.15) is 335 Å². The number of carbonyl (C=O) groups is 3. The van der Waals surface area contributed by atoms with Gasteiger partial charge in [-0.1, -0.05) is 375 Å². The molecule has 9 heteroatoms. The third kappa shape index (κ3) is 85.3. The van der Waals surface area contributed by atoms with E-state index < -0.39 is 24.3 Å². The van der Waals surface area contributed by atoms with Crippen LogP contribution in [0.5, 0.6) is 0 Å². The molecule has 594 valence electrons. The van der Waals surface area contributed by atoms with Crippen LogP contribution in [0.2, 0.25) is 0 Å². The third-order valence-corrected chi connectivity index (χ3v) is 17.8. The third-order valence-electron chi connectivity index (χ3n) is 17.8. The summed E-state index contributed by atoms with van der Waals surface area (Å²) in [6.45, 7) is 4.66. The molecule has 0 fully saturated rings. The number of rotatable bonds is 77. The number of ether oxygens (including phenoxy) is 4. The molecule has 0 aliphatic carbocycles. The predicted molar refractivity (Wildman–Crippen MR) is 456 cm³/mol. The molecule has 0 saturated heterocycles. The lowest BCUT2D eigenvalue weighted by Gasteiger charge is -2.25. The fourth-order valence-electron chi connectivity index (χ4n) is 11.5. The molecule has 0 radical (unpaired) electrons. The molecule has 0 bridgehead atoms. The van der Waals surface area contributed by atoms with Crippen LogP contribution in [0.4, 0.5) is 0 Å². The average molecular weight is 1450 g/mol. The molecule has 0 aliphatic rings. The molecule has 1 N–H and O–H groups in total. The second-order valence-corrected chi connectivity index (χ2v) is 29.0. The molecule has 0 aliphatic heterocycles. The topological polar surface area (TPSA) is 108 Å². The van der Waals surface area contributed by atoms with Gasteiger partial charge in [-0.2, -0.15) is 0 Å². The van der Waals surface area contributed by atoms with E-state index in [1.54, 1.807) is 0 Å². The van der Waals surface area contributed by atoms with Crippen LogP contribution in [-0.2, 0) is 33.3 Å². The number of carboxylic acids is 1. The van der Waals surface area contributed by atoms with Gasteiger partial charge in [-0.3, -0.25) is 9.59 Å². The van der Waals surface area contributed by atoms with Crippen LogP contribution in [0, 0.1) is 0 Å². The molecule has 2 atom stereocenters. The van der Waals surface area contributed by atoms with E-state index in [1.807, 2.05) is 21.1 Å². The minimum absolute atomic E-state index is 0.180. The summed E-state index contributed by atoms with van der Waals surface area (Å²) in [6.07, 6.45) is 126. The number of likely N-dealkylation sites (N-methyl/N-ethyl adjacent to an activating group) is 1. The zero-order valence-corrected chi connectivity index (χ0v) is 68.1. The Labute approximate surface area is 646 Å². The second-order valence-electron chi connectivity index (χ2n) is 29.0. The maximum absolute atomic E-state index is 13.0. The highest BCUT2D eigenvalue weighted by Crippen LogP contribution is 2.18. The lowest BCUT2D eigenvalue weighted by atomic mass is 10.0. The Balaban J connectivity index is 4.05. The van der Waals surface area contributed by atoms with Crippen molar-refractivity contribution in [1.82, 2.24) is 0 Å². The van der Waals surface area contributed by atoms with E-state index >= 15 is 0 Å². The van der Waals surface area contributed by atoms with Crippen LogP contribution in [0.25, 0.3) is 0 Å². The van der Waals surface area contributed by atoms with Gasteiger partial charge in [0.1, 0.15) is 13.2 Å². The summed E-state index contributed by atoms with van der Waals surface area (Å²) >= 11 is 0. The first-order valence-electron chi connectivity index (χ1n) is 42.6. The molecule has 0 heterocycles. The van der Waals surface area contributed by atoms with Gasteiger partial charge < -0.3 is 28.5 Å². The lowest BCUT2D eigenvalue weighted by Crippen LogP contribution is -2.40. The van der Waals surface area contributed by atoms with Gasteiger partial charge in [-0.25, -0.2) is 4.79 Å². The van der Waals surface area contributed by atoms with E-state index in [4.69, 9.17) is 18.9 Å². The summed E-state index contributed by atoms with van der Waals surface area (Å²) in [7, 11) is 5.98. The van der Waals surface area contributed by atoms with Crippen LogP contribution in [0.15, 0.2) is 194 Å². The minimum atomic E-state index is -1.52. The number of unbranched alkanes of at least 4 members (excludes halogenated alkanes) is 30. The highest BCUT2D eigenvalue weighted by molar-refractivity contribution is 5.71. The van der Waals surface area contributed by atoms with Crippen molar-refractivity contribution in [3.8, 4) is 0 Å². The van der Waals surface area contributed by atoms with Gasteiger partial charge in [0.25, 0.3) is 6.29 Å². The van der Waals surface area contributed by atoms with Gasteiger partial charge in [0.2, 0.25) is 0 Å². The van der Waals surface area contributed by atoms with Crippen molar-refractivity contribution in [3.63, 3.8) is 0 Å². The number of esters is 2. The summed E-state index contributed by atoms with van der Waals surface area (Å²) in [5.41, 5.74) is 0. The maximum atomic E-state index is 13.0. The molecular formula is C96H158NO8+. The Morgan fingerprint density at radius 1 is 0.286 bits per heavy atom. The van der Waals surface area contributed by atoms with Gasteiger partial charge in [-0.15, -0.1) is 0 Å². The first-order valence-corrected chi connectivity index (χ1v) is 42.6. The number of hydrogen-bond acceptors (Lipinski definition) is 7. The molecule has 0 aromatic rings. The summed E-state index contributed by atoms with van der Waals surface area (Å²) in [5.74, 6) is -2.01. The van der Waals surface area contributed by atoms with Crippen molar-refractivity contribution < 1.29 is 42.9 Å². The number of nitrogens with zero attached hydrogens (tertiary/aromatic N) is 1. The predicted octanol–water partition coefficient (Wildman–Crippen LogP) is 28.0. The standard InChI is InChI=1S/C96H157NO8/c1-6-8-10-12-14-16-18-20-22-24-26-28-30-32-34-36-38-40-42-44-46-47-49-50-52-54-56-58-60-62-64-66-68-70-72-74-76-78-80-82-84-86-93(98)103-90-92(91-104-96(95(100)101)102-89-88-97(3,4)5)105-94(99)87-85-83-81-79-77-75-73-71-69-67-65-63-61-59-57-55-53-51-48-45-43-41-39-37-35-33-31-29-27-25-23-21-19-17-15-13-11-9-7-2/h8-11,14-17,20-23,26-29,32-35,38-41,44-46,48,53,55,59,61,92,96H,6-7,12-13,18-19,24-25,30-31,36-37,42-43,47,49-52,54,56-58,60,62-91H2,1-5H3/p+1/b10-8-,11-9-,16-14-,17-15-,22-20-,23-21-,28-26-,29-27-,34-32-,35-33-,40-38-,41-39-,46-44-,48-45-,55-53-,61-59-. The summed E-state index contributed by atoms with van der Waals surface area (Å²) in [5, 5.41) is 9.79. The molecule has 0 saturated carbocycles. The molecule has 0 aromatic carbocycles. The monoisotopic (exact) mass is 1450 g/mol. The Morgan fingerprint density at radius 3 is 0.762 bits per heavy atom. The number of allylic oxidation sites excluding steroid dienone is 32. The normalized spacial score (nSPS) is 13.6. The number of carboxylic acid groups (broad SMARTS) is 1. The molecule has 2 unspecified atom stereocenters. The minimum Gasteiger partial charge on any atom is -0.477 e. The van der Waals surface area contributed by atoms with Gasteiger partial charge >= 0.3 is 17.9 Å². The first kappa shape index (κ1) is 99.1. The second kappa shape index (κ2) is 83.8. The van der Waals surface area contributed by atoms with Gasteiger partial charge in [0.15, 0.2) is 6.10 Å². The SMILES string of the molecule is CC/C=C\C/C=C\C/C=C\C/C=C\C/C=C\C/C=C\C/C=C\C/C=C\C/C=C\CCCCCCCCCCCCCC(=O)OC(COC(=O)CCCCCCCCCCCCCCCCCCCCC/C=C\C/C=C\C/C=C\C/C=C\C/C=C\C/C=C\C/C=C\CC)COC(OCC[N+](C)(C)C)C(=O)O. The van der Waals surface area contributed by atoms with Crippen molar-refractivity contribution >= 4 is 17.9 Å². The van der Waals surface area contributed by atoms with E-state index in [0.717, 1.165) is 148 Å². The summed E-state index contributed by atoms with van der Waals surface area (Å²) < 4.78 is 23.1. The molecular weight excluding hydrogens is 1300 g/mol. The van der Waals surface area contributed by atoms with Gasteiger partial charge in [0.05, 0.1) is 34.4 Å². The smallest absolute Gasteiger partial charge is 0.361 e. The molecule has 0 spiro atoms. The van der Waals surface area contributed by atoms with Gasteiger partial charge in [-0.05, 0) is 141 Å². The number of carbonyl (C=O) groups excluding carboxylic acids is 2. The largest absolute Gasteiger partial charge is 0.477 e. The highest BCUT2D eigenvalue weighted by Gasteiger charge is 2.25. The highest BCUT2D eigenvalue weighted by atomic mass is 16.7. The fraction of sp³-hybridized carbons (Fsp3) is 0.635. The van der Waals surface area contributed by atoms with Gasteiger partial charge in [0, 0.05) is 12.8 Å². The zero-order chi connectivity index (χ0) is 76.0. The van der Waals surface area contributed by atoms with Crippen molar-refractivity contribution in [2.45, 2.75) is 347 Å². The molecule has 105 heavy (non-hydrogen) atoms. The van der Waals surface area contributed by atoms with Crippen LogP contribution < -0.4 is 0 Å². The van der Waals surface area contributed by atoms with Crippen molar-refractivity contribution in [1.29, 1.82) is 0 Å². The van der Waals surface area contributed by atoms with Crippen molar-refractivity contribution in [2.75, 3.05) is 47.5 Å². The molecule has 0 rings (SSSR count).